The standard InChI is InChI=1S/C19H23N3O2S/c1-21-8-3-14(12-21)17(23)20-16-2-5-19(16)6-9-22(10-7-19)18(24)15-4-11-25-13-15/h3-4,8,11-13,16H,2,5-7,9-10H2,1H3,(H,20,23)/t16-/m1/s1. The van der Waals surface area contributed by atoms with Gasteiger partial charge in [0.05, 0.1) is 11.1 Å². The summed E-state index contributed by atoms with van der Waals surface area (Å²) in [5.41, 5.74) is 1.69. The van der Waals surface area contributed by atoms with Crippen LogP contribution in [0.3, 0.4) is 0 Å². The molecule has 0 aromatic carbocycles. The smallest absolute Gasteiger partial charge is 0.254 e. The van der Waals surface area contributed by atoms with Gasteiger partial charge in [-0.15, -0.1) is 0 Å². The maximum absolute atomic E-state index is 12.5. The number of piperidine rings is 1. The Balaban J connectivity index is 1.36. The molecule has 25 heavy (non-hydrogen) atoms. The summed E-state index contributed by atoms with van der Waals surface area (Å²) in [6.07, 6.45) is 7.87. The Morgan fingerprint density at radius 1 is 1.20 bits per heavy atom. The quantitative estimate of drug-likeness (QED) is 0.918. The van der Waals surface area contributed by atoms with Crippen molar-refractivity contribution < 1.29 is 9.59 Å². The van der Waals surface area contributed by atoms with E-state index in [1.54, 1.807) is 11.3 Å². The van der Waals surface area contributed by atoms with E-state index in [2.05, 4.69) is 5.32 Å². The van der Waals surface area contributed by atoms with E-state index in [1.807, 2.05) is 51.8 Å². The summed E-state index contributed by atoms with van der Waals surface area (Å²) in [4.78, 5) is 26.9. The average molecular weight is 357 g/mol. The Hall–Kier alpha value is -2.08. The Morgan fingerprint density at radius 3 is 2.56 bits per heavy atom. The van der Waals surface area contributed by atoms with E-state index < -0.39 is 0 Å². The first-order valence-electron chi connectivity index (χ1n) is 8.82. The highest BCUT2D eigenvalue weighted by atomic mass is 32.1. The second-order valence-corrected chi connectivity index (χ2v) is 8.08. The van der Waals surface area contributed by atoms with Gasteiger partial charge in [0.15, 0.2) is 0 Å². The number of rotatable bonds is 3. The van der Waals surface area contributed by atoms with Gasteiger partial charge in [-0.2, -0.15) is 11.3 Å². The Morgan fingerprint density at radius 2 is 2.00 bits per heavy atom. The number of hydrogen-bond acceptors (Lipinski definition) is 3. The highest BCUT2D eigenvalue weighted by molar-refractivity contribution is 7.08. The van der Waals surface area contributed by atoms with Gasteiger partial charge in [0.1, 0.15) is 0 Å². The second-order valence-electron chi connectivity index (χ2n) is 7.30. The van der Waals surface area contributed by atoms with Gasteiger partial charge < -0.3 is 14.8 Å². The van der Waals surface area contributed by atoms with E-state index in [0.717, 1.165) is 49.9 Å². The summed E-state index contributed by atoms with van der Waals surface area (Å²) in [6.45, 7) is 1.57. The molecule has 1 aliphatic carbocycles. The number of likely N-dealkylation sites (tertiary alicyclic amines) is 1. The maximum atomic E-state index is 12.5. The van der Waals surface area contributed by atoms with Crippen molar-refractivity contribution in [2.24, 2.45) is 12.5 Å². The molecule has 1 spiro atoms. The number of nitrogens with one attached hydrogen (secondary N) is 1. The number of aromatic nitrogens is 1. The van der Waals surface area contributed by atoms with Crippen molar-refractivity contribution >= 4 is 23.2 Å². The summed E-state index contributed by atoms with van der Waals surface area (Å²) in [5.74, 6) is 0.154. The van der Waals surface area contributed by atoms with Gasteiger partial charge in [-0.1, -0.05) is 0 Å². The van der Waals surface area contributed by atoms with Crippen LogP contribution in [0, 0.1) is 5.41 Å². The molecule has 2 aromatic rings. The van der Waals surface area contributed by atoms with Crippen molar-refractivity contribution in [3.05, 3.63) is 46.4 Å². The van der Waals surface area contributed by atoms with Gasteiger partial charge in [0, 0.05) is 44.0 Å². The molecule has 2 aromatic heterocycles. The molecule has 5 nitrogen and oxygen atoms in total. The molecule has 0 unspecified atom stereocenters. The molecule has 2 amide bonds. The van der Waals surface area contributed by atoms with E-state index >= 15 is 0 Å². The zero-order valence-electron chi connectivity index (χ0n) is 14.4. The molecular weight excluding hydrogens is 334 g/mol. The van der Waals surface area contributed by atoms with Crippen molar-refractivity contribution in [1.29, 1.82) is 0 Å². The fraction of sp³-hybridized carbons (Fsp3) is 0.474. The monoisotopic (exact) mass is 357 g/mol. The van der Waals surface area contributed by atoms with E-state index in [-0.39, 0.29) is 23.3 Å². The lowest BCUT2D eigenvalue weighted by atomic mass is 9.59. The van der Waals surface area contributed by atoms with Crippen LogP contribution in [0.4, 0.5) is 0 Å². The predicted octanol–water partition coefficient (Wildman–Crippen LogP) is 2.90. The minimum absolute atomic E-state index is 0.0152. The van der Waals surface area contributed by atoms with Gasteiger partial charge in [-0.3, -0.25) is 9.59 Å². The molecule has 1 aliphatic heterocycles. The molecule has 1 N–H and O–H groups in total. The highest BCUT2D eigenvalue weighted by Gasteiger charge is 2.49. The van der Waals surface area contributed by atoms with Crippen molar-refractivity contribution in [3.63, 3.8) is 0 Å². The second kappa shape index (κ2) is 6.33. The third-order valence-corrected chi connectivity index (χ3v) is 6.57. The van der Waals surface area contributed by atoms with Crippen LogP contribution in [0.2, 0.25) is 0 Å². The third-order valence-electron chi connectivity index (χ3n) is 5.88. The number of hydrogen-bond donors (Lipinski definition) is 1. The van der Waals surface area contributed by atoms with Gasteiger partial charge in [-0.05, 0) is 48.6 Å². The lowest BCUT2D eigenvalue weighted by molar-refractivity contribution is -0.00229. The SMILES string of the molecule is Cn1ccc(C(=O)N[C@@H]2CCC23CCN(C(=O)c2ccsc2)CC3)c1. The minimum atomic E-state index is 0.0152. The first-order chi connectivity index (χ1) is 12.1. The highest BCUT2D eigenvalue weighted by Crippen LogP contribution is 2.49. The van der Waals surface area contributed by atoms with Gasteiger partial charge >= 0.3 is 0 Å². The molecule has 4 rings (SSSR count). The molecular formula is C19H23N3O2S. The van der Waals surface area contributed by atoms with Crippen molar-refractivity contribution in [2.45, 2.75) is 31.7 Å². The fourth-order valence-electron chi connectivity index (χ4n) is 4.12. The number of thiophene rings is 1. The molecule has 0 radical (unpaired) electrons. The van der Waals surface area contributed by atoms with Gasteiger partial charge in [0.2, 0.25) is 0 Å². The molecule has 3 heterocycles. The Labute approximate surface area is 151 Å². The summed E-state index contributed by atoms with van der Waals surface area (Å²) in [5, 5.41) is 7.08. The number of carbonyl (C=O) groups excluding carboxylic acids is 2. The van der Waals surface area contributed by atoms with Crippen LogP contribution in [0.5, 0.6) is 0 Å². The summed E-state index contributed by atoms with van der Waals surface area (Å²) in [7, 11) is 1.92. The molecule has 2 fully saturated rings. The first kappa shape index (κ1) is 16.4. The van der Waals surface area contributed by atoms with Gasteiger partial charge in [-0.25, -0.2) is 0 Å². The lowest BCUT2D eigenvalue weighted by Crippen LogP contribution is -2.59. The molecule has 1 saturated heterocycles. The van der Waals surface area contributed by atoms with Crippen LogP contribution in [0.25, 0.3) is 0 Å². The number of nitrogens with zero attached hydrogens (tertiary/aromatic N) is 2. The topological polar surface area (TPSA) is 54.3 Å². The zero-order valence-corrected chi connectivity index (χ0v) is 15.2. The van der Waals surface area contributed by atoms with Crippen LogP contribution in [0.15, 0.2) is 35.3 Å². The number of carbonyl (C=O) groups is 2. The number of aryl methyl sites for hydroxylation is 1. The van der Waals surface area contributed by atoms with E-state index in [1.165, 1.54) is 0 Å². The average Bonchev–Trinajstić information content (AvgIpc) is 3.30. The molecule has 1 saturated carbocycles. The maximum Gasteiger partial charge on any atom is 0.254 e. The largest absolute Gasteiger partial charge is 0.356 e. The van der Waals surface area contributed by atoms with E-state index in [9.17, 15) is 9.59 Å². The summed E-state index contributed by atoms with van der Waals surface area (Å²) in [6, 6.07) is 3.98. The number of amides is 2. The van der Waals surface area contributed by atoms with Crippen LogP contribution in [0.1, 0.15) is 46.4 Å². The predicted molar refractivity (Wildman–Crippen MR) is 97.8 cm³/mol. The minimum Gasteiger partial charge on any atom is -0.356 e. The summed E-state index contributed by atoms with van der Waals surface area (Å²) >= 11 is 1.56. The summed E-state index contributed by atoms with van der Waals surface area (Å²) < 4.78 is 1.89. The van der Waals surface area contributed by atoms with E-state index in [0.29, 0.717) is 0 Å². The van der Waals surface area contributed by atoms with Crippen LogP contribution < -0.4 is 5.32 Å². The van der Waals surface area contributed by atoms with Crippen molar-refractivity contribution in [2.75, 3.05) is 13.1 Å². The molecule has 2 aliphatic rings. The van der Waals surface area contributed by atoms with Crippen molar-refractivity contribution in [3.8, 4) is 0 Å². The lowest BCUT2D eigenvalue weighted by Gasteiger charge is -2.54. The first-order valence-corrected chi connectivity index (χ1v) is 9.76. The van der Waals surface area contributed by atoms with Gasteiger partial charge in [0.25, 0.3) is 11.8 Å². The molecule has 6 heteroatoms. The van der Waals surface area contributed by atoms with Crippen LogP contribution in [-0.2, 0) is 7.05 Å². The van der Waals surface area contributed by atoms with Crippen molar-refractivity contribution in [1.82, 2.24) is 14.8 Å². The van der Waals surface area contributed by atoms with Crippen LogP contribution in [-0.4, -0.2) is 40.4 Å². The molecule has 132 valence electrons. The molecule has 0 bridgehead atoms. The third kappa shape index (κ3) is 2.99. The van der Waals surface area contributed by atoms with E-state index in [4.69, 9.17) is 0 Å². The molecule has 1 atom stereocenters. The Bertz CT molecular complexity index is 772. The zero-order chi connectivity index (χ0) is 17.4. The fourth-order valence-corrected chi connectivity index (χ4v) is 4.75. The Kier molecular flexibility index (Phi) is 4.15. The van der Waals surface area contributed by atoms with Crippen LogP contribution >= 0.6 is 11.3 Å². The normalized spacial score (nSPS) is 21.8.